The zero-order chi connectivity index (χ0) is 36.5. The van der Waals surface area contributed by atoms with E-state index in [1.165, 1.54) is 78.9 Å². The van der Waals surface area contributed by atoms with Crippen LogP contribution in [0.3, 0.4) is 0 Å². The van der Waals surface area contributed by atoms with Crippen LogP contribution in [-0.4, -0.2) is 9.52 Å². The second-order valence-corrected chi connectivity index (χ2v) is 18.7. The Hall–Kier alpha value is -2.22. The molecule has 6 aromatic carbocycles. The summed E-state index contributed by atoms with van der Waals surface area (Å²) in [6.07, 6.45) is 6.98. The van der Waals surface area contributed by atoms with E-state index in [9.17, 15) is 0 Å². The fourth-order valence-electron chi connectivity index (χ4n) is 6.80. The monoisotopic (exact) mass is 796 g/mol. The average Bonchev–Trinajstić information content (AvgIpc) is 3.69. The van der Waals surface area contributed by atoms with Gasteiger partial charge in [-0.3, -0.25) is 0 Å². The molecule has 0 aliphatic rings. The molecule has 0 amide bonds. The third-order valence-corrected chi connectivity index (χ3v) is 8.52. The van der Waals surface area contributed by atoms with Crippen molar-refractivity contribution in [3.05, 3.63) is 131 Å². The second-order valence-electron chi connectivity index (χ2n) is 13.9. The minimum absolute atomic E-state index is 0.701. The van der Waals surface area contributed by atoms with Gasteiger partial charge in [0.25, 0.3) is 0 Å². The summed E-state index contributed by atoms with van der Waals surface area (Å²) < 4.78 is 0. The summed E-state index contributed by atoms with van der Waals surface area (Å²) in [6.45, 7) is 18.0. The number of hydrogen-bond acceptors (Lipinski definition) is 0. The molecular weight excluding hydrogens is 743 g/mol. The van der Waals surface area contributed by atoms with Crippen LogP contribution in [0.15, 0.2) is 109 Å². The van der Waals surface area contributed by atoms with Crippen LogP contribution < -0.4 is 0 Å². The van der Waals surface area contributed by atoms with Gasteiger partial charge in [0.15, 0.2) is 0 Å². The van der Waals surface area contributed by atoms with E-state index < -0.39 is 20.8 Å². The molecule has 0 bridgehead atoms. The fourth-order valence-corrected chi connectivity index (χ4v) is 6.80. The van der Waals surface area contributed by atoms with Crippen LogP contribution in [0.1, 0.15) is 76.6 Å². The number of benzene rings is 4. The van der Waals surface area contributed by atoms with Crippen molar-refractivity contribution in [1.29, 1.82) is 0 Å². The molecular formula is C46H56Cl2SiZr. The zero-order valence-electron chi connectivity index (χ0n) is 31.5. The van der Waals surface area contributed by atoms with Gasteiger partial charge in [-0.1, -0.05) is 150 Å². The van der Waals surface area contributed by atoms with E-state index in [-0.39, 0.29) is 0 Å². The topological polar surface area (TPSA) is 0 Å². The molecule has 0 saturated heterocycles. The van der Waals surface area contributed by atoms with E-state index in [1.807, 2.05) is 0 Å². The summed E-state index contributed by atoms with van der Waals surface area (Å²) in [4.78, 5) is 0. The number of hydrogen-bond donors (Lipinski definition) is 0. The standard InChI is InChI=1S/2C22H25.C2H6Si.2ClH.Zr/c2*1-4-8-18-11-12-20-14-17(13-16(2)3)15-21(20)22(18)19-9-6-5-7-10-19;1-3-2;;;/h2*5-7,9-12,14-16H,4,8,13H2,1-3H3;1-2H3;2*1H;/q2*-1;;;;+4/p-2. The Morgan fingerprint density at radius 2 is 0.920 bits per heavy atom. The van der Waals surface area contributed by atoms with Crippen molar-refractivity contribution < 1.29 is 20.8 Å². The molecule has 0 spiro atoms. The van der Waals surface area contributed by atoms with Gasteiger partial charge in [-0.25, -0.2) is 0 Å². The summed E-state index contributed by atoms with van der Waals surface area (Å²) >= 11 is -0.826. The molecule has 0 saturated carbocycles. The molecule has 0 fully saturated rings. The van der Waals surface area contributed by atoms with Crippen molar-refractivity contribution in [1.82, 2.24) is 0 Å². The van der Waals surface area contributed by atoms with Gasteiger partial charge in [-0.2, -0.15) is 12.1 Å². The van der Waals surface area contributed by atoms with Gasteiger partial charge in [-0.15, -0.1) is 69.1 Å². The second kappa shape index (κ2) is 22.7. The van der Waals surface area contributed by atoms with E-state index in [4.69, 9.17) is 17.0 Å². The van der Waals surface area contributed by atoms with Gasteiger partial charge in [0.1, 0.15) is 0 Å². The Balaban J connectivity index is 0.000000234. The Labute approximate surface area is 325 Å². The van der Waals surface area contributed by atoms with Crippen LogP contribution in [0, 0.1) is 11.8 Å². The first-order valence-electron chi connectivity index (χ1n) is 18.3. The van der Waals surface area contributed by atoms with Crippen molar-refractivity contribution in [2.45, 2.75) is 93.2 Å². The first-order chi connectivity index (χ1) is 24.2. The van der Waals surface area contributed by atoms with Crippen LogP contribution in [0.2, 0.25) is 13.1 Å². The van der Waals surface area contributed by atoms with Gasteiger partial charge in [-0.05, 0) is 48.6 Å². The van der Waals surface area contributed by atoms with Crippen molar-refractivity contribution in [3.8, 4) is 22.3 Å². The Kier molecular flexibility index (Phi) is 19.1. The molecule has 0 nitrogen and oxygen atoms in total. The van der Waals surface area contributed by atoms with E-state index in [0.29, 0.717) is 11.8 Å². The van der Waals surface area contributed by atoms with Crippen molar-refractivity contribution in [2.24, 2.45) is 11.8 Å². The summed E-state index contributed by atoms with van der Waals surface area (Å²) in [5.74, 6) is 1.40. The first kappa shape index (κ1) is 42.2. The third-order valence-electron chi connectivity index (χ3n) is 8.52. The van der Waals surface area contributed by atoms with Crippen LogP contribution in [0.4, 0.5) is 0 Å². The molecule has 0 N–H and O–H groups in total. The van der Waals surface area contributed by atoms with Crippen LogP contribution in [0.25, 0.3) is 43.8 Å². The summed E-state index contributed by atoms with van der Waals surface area (Å²) in [5, 5.41) is 5.62. The number of halogens is 2. The maximum atomic E-state index is 4.93. The SMILES string of the molecule is CCCc1ccc2[cH-]c(CC(C)C)cc2c1-c1ccccc1.CCCc1ccc2[cH-]c(CC(C)C)cc2c1-c1ccccc1.C[Si]C.[Cl][Zr+2][Cl]. The van der Waals surface area contributed by atoms with E-state index in [1.54, 1.807) is 0 Å². The normalized spacial score (nSPS) is 10.6. The van der Waals surface area contributed by atoms with Crippen molar-refractivity contribution in [3.63, 3.8) is 0 Å². The molecule has 0 heterocycles. The minimum atomic E-state index is -0.826. The maximum absolute atomic E-state index is 4.93. The van der Waals surface area contributed by atoms with Gasteiger partial charge < -0.3 is 0 Å². The molecule has 6 rings (SSSR count). The van der Waals surface area contributed by atoms with E-state index in [0.717, 1.165) is 35.2 Å². The first-order valence-corrected chi connectivity index (χ1v) is 26.6. The number of fused-ring (bicyclic) bond motifs is 2. The molecule has 0 aromatic heterocycles. The quantitative estimate of drug-likeness (QED) is 0.0956. The van der Waals surface area contributed by atoms with Crippen molar-refractivity contribution >= 4 is 48.1 Å². The molecule has 2 radical (unpaired) electrons. The predicted molar refractivity (Wildman–Crippen MR) is 224 cm³/mol. The Morgan fingerprint density at radius 1 is 0.580 bits per heavy atom. The molecule has 4 heteroatoms. The zero-order valence-corrected chi connectivity index (χ0v) is 36.5. The third kappa shape index (κ3) is 12.5. The number of rotatable bonds is 10. The molecule has 262 valence electrons. The molecule has 0 aliphatic heterocycles. The predicted octanol–water partition coefficient (Wildman–Crippen LogP) is 14.9. The van der Waals surface area contributed by atoms with Crippen LogP contribution in [-0.2, 0) is 46.5 Å². The molecule has 0 aliphatic carbocycles. The van der Waals surface area contributed by atoms with Gasteiger partial charge >= 0.3 is 37.9 Å². The number of aryl methyl sites for hydroxylation is 2. The van der Waals surface area contributed by atoms with Crippen molar-refractivity contribution in [2.75, 3.05) is 0 Å². The molecule has 6 aromatic rings. The molecule has 50 heavy (non-hydrogen) atoms. The summed E-state index contributed by atoms with van der Waals surface area (Å²) in [5.41, 5.74) is 11.5. The average molecular weight is 799 g/mol. The van der Waals surface area contributed by atoms with Gasteiger partial charge in [0, 0.05) is 9.52 Å². The molecule has 0 atom stereocenters. The van der Waals surface area contributed by atoms with Crippen LogP contribution in [0.5, 0.6) is 0 Å². The molecule has 0 unspecified atom stereocenters. The van der Waals surface area contributed by atoms with E-state index in [2.05, 4.69) is 164 Å². The summed E-state index contributed by atoms with van der Waals surface area (Å²) in [6, 6.07) is 40.5. The Bertz CT molecular complexity index is 1680. The Morgan fingerprint density at radius 3 is 1.22 bits per heavy atom. The summed E-state index contributed by atoms with van der Waals surface area (Å²) in [7, 11) is 11.0. The van der Waals surface area contributed by atoms with Gasteiger partial charge in [0.05, 0.1) is 0 Å². The fraction of sp³-hybridized carbons (Fsp3) is 0.348. The van der Waals surface area contributed by atoms with E-state index >= 15 is 0 Å². The van der Waals surface area contributed by atoms with Gasteiger partial charge in [0.2, 0.25) is 0 Å². The van der Waals surface area contributed by atoms with Crippen LogP contribution >= 0.6 is 17.0 Å².